The Morgan fingerprint density at radius 3 is 1.06 bits per heavy atom. The van der Waals surface area contributed by atoms with Crippen molar-refractivity contribution in [3.05, 3.63) is 161 Å². The van der Waals surface area contributed by atoms with Crippen molar-refractivity contribution in [3.63, 3.8) is 0 Å². The number of phenols is 3. The average Bonchev–Trinajstić information content (AvgIpc) is 1.68. The Labute approximate surface area is 777 Å². The van der Waals surface area contributed by atoms with E-state index in [-0.39, 0.29) is 41.2 Å². The summed E-state index contributed by atoms with van der Waals surface area (Å²) in [5, 5.41) is 147. The number of aromatic nitrogens is 1. The molecular weight excluding hydrogens is 1810 g/mol. The van der Waals surface area contributed by atoms with Gasteiger partial charge < -0.3 is 158 Å². The van der Waals surface area contributed by atoms with Crippen LogP contribution in [-0.4, -0.2) is 316 Å². The first-order valence-electron chi connectivity index (χ1n) is 42.0. The number of carboxylic acid groups (broad SMARTS) is 4. The number of aliphatic hydroxyl groups is 4. The van der Waals surface area contributed by atoms with Crippen LogP contribution in [0.2, 0.25) is 0 Å². The first kappa shape index (κ1) is 109. The quantitative estimate of drug-likeness (QED) is 0.0169. The number of fused-ring (bicyclic) bond motifs is 1. The van der Waals surface area contributed by atoms with Gasteiger partial charge in [0.1, 0.15) is 95.8 Å². The van der Waals surface area contributed by atoms with E-state index in [0.29, 0.717) is 27.6 Å². The highest BCUT2D eigenvalue weighted by Crippen LogP contribution is 2.21. The van der Waals surface area contributed by atoms with Gasteiger partial charge in [-0.3, -0.25) is 95.9 Å². The fraction of sp³-hybridized carbons (Fsp3) is 0.384. The number of carboxylic acids is 4. The van der Waals surface area contributed by atoms with Gasteiger partial charge in [-0.2, -0.15) is 0 Å². The van der Waals surface area contributed by atoms with Gasteiger partial charge in [-0.15, -0.1) is 0 Å². The molecule has 0 fully saturated rings. The summed E-state index contributed by atoms with van der Waals surface area (Å²) < 4.78 is 0. The maximum Gasteiger partial charge on any atom is 0.326 e. The molecule has 1 heterocycles. The summed E-state index contributed by atoms with van der Waals surface area (Å²) in [4.78, 5) is 283. The number of nitrogens with two attached hydrogens (primary N) is 2. The van der Waals surface area contributed by atoms with Crippen LogP contribution in [0.5, 0.6) is 17.2 Å². The standard InChI is InChI=1S/C86H107N19O32/c1-42(73(123)98-59(31-47-34-89-53-10-6-5-9-51(47)53)81(131)104-65(41-109)85(135)105-63(39-107)83(133)97-55(24-26-71(119)120)77(127)103-64(40-108)84(134)100-60(33-72(121)122)82(132)101-61(86(136)137)30-43-7-3-2-4-8-43)93-78(128)58(29-46-15-21-50(112)22-16-46)99-76(126)54(23-25-70(117)118)96-79(129)56(27-44-11-17-48(110)18-12-44)95-69(116)37-92-75(125)62(38-106)102-80(130)57(28-45-13-19-49(111)20-14-45)94-68(115)36-90-67(114)35-91-74(124)52(87)32-66(88)113/h2-22,34,42,52,54-65,89,106-112H,23-33,35-41,87H2,1H3,(H2,88,113)(H,90,114)(H,91,124)(H,92,125)(H,93,128)(H,94,115)(H,95,116)(H,96,129)(H,97,133)(H,98,123)(H,99,126)(H,100,134)(H,101,132)(H,102,130)(H,103,127)(H,104,131)(H,105,135)(H,117,118)(H,119,120)(H,121,122)(H,136,137)/t42-,52-,54-,55-,56-,57-,58-,59-,60-,61-,62-,63-,64-,65-/m0/s1. The van der Waals surface area contributed by atoms with Crippen LogP contribution in [0.15, 0.2) is 134 Å². The molecule has 0 spiro atoms. The number of aliphatic carboxylic acids is 4. The summed E-state index contributed by atoms with van der Waals surface area (Å²) in [5.74, 6) is -27.5. The Kier molecular flexibility index (Phi) is 43.7. The van der Waals surface area contributed by atoms with E-state index in [1.54, 1.807) is 42.5 Å². The number of carbonyl (C=O) groups excluding carboxylic acids is 17. The molecule has 0 radical (unpaired) electrons. The summed E-state index contributed by atoms with van der Waals surface area (Å²) in [6.45, 7) is -6.53. The van der Waals surface area contributed by atoms with E-state index in [0.717, 1.165) is 6.92 Å². The number of carbonyl (C=O) groups is 21. The smallest absolute Gasteiger partial charge is 0.326 e. The lowest BCUT2D eigenvalue weighted by Gasteiger charge is -2.27. The maximum absolute atomic E-state index is 14.7. The number of para-hydroxylation sites is 1. The van der Waals surface area contributed by atoms with Crippen LogP contribution < -0.4 is 96.5 Å². The molecule has 17 amide bonds. The largest absolute Gasteiger partial charge is 0.508 e. The highest BCUT2D eigenvalue weighted by Gasteiger charge is 2.39. The second-order valence-corrected chi connectivity index (χ2v) is 31.0. The van der Waals surface area contributed by atoms with E-state index in [2.05, 4.69) is 74.1 Å². The van der Waals surface area contributed by atoms with E-state index in [1.807, 2.05) is 16.0 Å². The average molecular weight is 1920 g/mol. The summed E-state index contributed by atoms with van der Waals surface area (Å²) in [7, 11) is 0. The zero-order chi connectivity index (χ0) is 101. The predicted molar refractivity (Wildman–Crippen MR) is 471 cm³/mol. The molecule has 137 heavy (non-hydrogen) atoms. The van der Waals surface area contributed by atoms with Crippen molar-refractivity contribution in [1.82, 2.24) is 90.1 Å². The molecule has 0 aliphatic carbocycles. The number of phenolic OH excluding ortho intramolecular Hbond substituents is 3. The minimum absolute atomic E-state index is 0.183. The summed E-state index contributed by atoms with van der Waals surface area (Å²) in [6.07, 6.45) is -5.65. The second-order valence-electron chi connectivity index (χ2n) is 31.0. The fourth-order valence-electron chi connectivity index (χ4n) is 13.0. The number of H-pyrrole nitrogens is 1. The molecule has 0 saturated carbocycles. The van der Waals surface area contributed by atoms with Gasteiger partial charge in [-0.25, -0.2) is 4.79 Å². The second kappa shape index (κ2) is 54.6. The molecule has 738 valence electrons. The van der Waals surface area contributed by atoms with Crippen LogP contribution >= 0.6 is 0 Å². The van der Waals surface area contributed by atoms with Crippen molar-refractivity contribution in [2.24, 2.45) is 11.5 Å². The van der Waals surface area contributed by atoms with Gasteiger partial charge in [0, 0.05) is 62.0 Å². The zero-order valence-corrected chi connectivity index (χ0v) is 73.2. The highest BCUT2D eigenvalue weighted by atomic mass is 16.4. The highest BCUT2D eigenvalue weighted by molar-refractivity contribution is 6.02. The molecule has 0 unspecified atom stereocenters. The Morgan fingerprint density at radius 2 is 0.635 bits per heavy atom. The Bertz CT molecular complexity index is 5300. The number of hydrogen-bond donors (Lipinski definition) is 30. The monoisotopic (exact) mass is 1920 g/mol. The van der Waals surface area contributed by atoms with Crippen LogP contribution in [0.4, 0.5) is 0 Å². The minimum Gasteiger partial charge on any atom is -0.508 e. The first-order valence-corrected chi connectivity index (χ1v) is 42.0. The van der Waals surface area contributed by atoms with E-state index in [9.17, 15) is 157 Å². The third-order valence-corrected chi connectivity index (χ3v) is 20.3. The molecule has 6 rings (SSSR count). The number of amides is 17. The molecule has 51 heteroatoms. The van der Waals surface area contributed by atoms with Gasteiger partial charge in [0.25, 0.3) is 0 Å². The number of aromatic amines is 1. The molecular formula is C86H107N19O32. The molecule has 32 N–H and O–H groups in total. The van der Waals surface area contributed by atoms with E-state index < -0.39 is 313 Å². The van der Waals surface area contributed by atoms with E-state index in [1.165, 1.54) is 91.1 Å². The lowest BCUT2D eigenvalue weighted by Crippen LogP contribution is -2.62. The molecule has 51 nitrogen and oxygen atoms in total. The lowest BCUT2D eigenvalue weighted by atomic mass is 10.0. The lowest BCUT2D eigenvalue weighted by molar-refractivity contribution is -0.144. The van der Waals surface area contributed by atoms with E-state index in [4.69, 9.17) is 11.5 Å². The molecule has 0 bridgehead atoms. The predicted octanol–water partition coefficient (Wildman–Crippen LogP) is -10.1. The van der Waals surface area contributed by atoms with Crippen molar-refractivity contribution in [2.45, 2.75) is 162 Å². The number of hydrogen-bond acceptors (Lipinski definition) is 29. The molecule has 0 aliphatic heterocycles. The molecule has 1 aromatic heterocycles. The van der Waals surface area contributed by atoms with Gasteiger partial charge >= 0.3 is 23.9 Å². The van der Waals surface area contributed by atoms with Crippen molar-refractivity contribution < 1.29 is 157 Å². The van der Waals surface area contributed by atoms with Crippen molar-refractivity contribution in [3.8, 4) is 17.2 Å². The van der Waals surface area contributed by atoms with Crippen molar-refractivity contribution in [1.29, 1.82) is 0 Å². The number of primary amides is 1. The van der Waals surface area contributed by atoms with Crippen LogP contribution in [0.3, 0.4) is 0 Å². The van der Waals surface area contributed by atoms with Gasteiger partial charge in [0.05, 0.1) is 64.9 Å². The normalized spacial score (nSPS) is 14.0. The van der Waals surface area contributed by atoms with Gasteiger partial charge in [-0.05, 0) is 90.0 Å². The molecule has 0 saturated heterocycles. The number of nitrogens with one attached hydrogen (secondary N) is 17. The van der Waals surface area contributed by atoms with Crippen LogP contribution in [0.25, 0.3) is 10.9 Å². The Morgan fingerprint density at radius 1 is 0.314 bits per heavy atom. The molecule has 5 aromatic carbocycles. The summed E-state index contributed by atoms with van der Waals surface area (Å²) in [6, 6.07) is 3.71. The summed E-state index contributed by atoms with van der Waals surface area (Å²) in [5.41, 5.74) is 12.7. The summed E-state index contributed by atoms with van der Waals surface area (Å²) >= 11 is 0. The van der Waals surface area contributed by atoms with Crippen LogP contribution in [0, 0.1) is 0 Å². The number of benzene rings is 5. The van der Waals surface area contributed by atoms with Gasteiger partial charge in [0.2, 0.25) is 100 Å². The molecule has 0 aliphatic rings. The van der Waals surface area contributed by atoms with Crippen molar-refractivity contribution in [2.75, 3.05) is 46.1 Å². The van der Waals surface area contributed by atoms with Crippen LogP contribution in [-0.2, 0) is 133 Å². The van der Waals surface area contributed by atoms with E-state index >= 15 is 0 Å². The Balaban J connectivity index is 1.16. The SMILES string of the molecule is C[C@H](NC(=O)[C@H](Cc1ccc(O)cc1)NC(=O)[C@H](CCC(=O)O)NC(=O)[C@H](Cc1ccc(O)cc1)NC(=O)CNC(=O)[C@H](CO)NC(=O)[C@H](Cc1ccc(O)cc1)NC(=O)CNC(=O)CNC(=O)[C@@H](N)CC(N)=O)C(=O)N[C@@H](Cc1c[nH]c2ccccc12)C(=O)N[C@@H](CO)C(=O)N[C@@H](CO)C(=O)N[C@@H](CCC(=O)O)C(=O)N[C@@H](CO)C(=O)N[C@@H](CC(=O)O)C(=O)N[C@@H](Cc1ccccc1)C(=O)O. The maximum atomic E-state index is 14.7. The molecule has 14 atom stereocenters. The number of aromatic hydroxyl groups is 3. The third-order valence-electron chi connectivity index (χ3n) is 20.3. The van der Waals surface area contributed by atoms with Gasteiger partial charge in [0.15, 0.2) is 0 Å². The first-order chi connectivity index (χ1) is 65.0. The van der Waals surface area contributed by atoms with Crippen LogP contribution in [0.1, 0.15) is 73.3 Å². The number of aliphatic hydroxyl groups excluding tert-OH is 4. The fourth-order valence-corrected chi connectivity index (χ4v) is 13.0. The van der Waals surface area contributed by atoms with Crippen molar-refractivity contribution >= 4 is 135 Å². The third kappa shape index (κ3) is 37.4. The minimum atomic E-state index is -2.14. The topological polar surface area (TPSA) is 841 Å². The van der Waals surface area contributed by atoms with Gasteiger partial charge in [-0.1, -0.05) is 84.9 Å². The zero-order valence-electron chi connectivity index (χ0n) is 73.2. The Hall–Kier alpha value is -16.3. The molecule has 6 aromatic rings. The number of rotatable bonds is 57.